The summed E-state index contributed by atoms with van der Waals surface area (Å²) in [6, 6.07) is 5.73. The zero-order valence-electron chi connectivity index (χ0n) is 9.31. The van der Waals surface area contributed by atoms with Gasteiger partial charge in [0.25, 0.3) is 5.89 Å². The Labute approximate surface area is 117 Å². The molecule has 2 rings (SSSR count). The van der Waals surface area contributed by atoms with Crippen LogP contribution in [-0.2, 0) is 5.75 Å². The highest BCUT2D eigenvalue weighted by Gasteiger charge is 2.09. The molecule has 0 radical (unpaired) electrons. The summed E-state index contributed by atoms with van der Waals surface area (Å²) in [4.78, 5) is 4.33. The van der Waals surface area contributed by atoms with Gasteiger partial charge in [-0.05, 0) is 46.5 Å². The van der Waals surface area contributed by atoms with Crippen molar-refractivity contribution in [1.29, 1.82) is 0 Å². The Balaban J connectivity index is 2.21. The van der Waals surface area contributed by atoms with Gasteiger partial charge in [0.2, 0.25) is 0 Å². The molecule has 2 N–H and O–H groups in total. The van der Waals surface area contributed by atoms with Crippen molar-refractivity contribution >= 4 is 40.0 Å². The van der Waals surface area contributed by atoms with E-state index in [1.807, 2.05) is 18.2 Å². The van der Waals surface area contributed by atoms with E-state index in [2.05, 4.69) is 39.7 Å². The lowest BCUT2D eigenvalue weighted by molar-refractivity contribution is 0.425. The molecule has 0 aliphatic heterocycles. The van der Waals surface area contributed by atoms with Gasteiger partial charge in [0.1, 0.15) is 0 Å². The van der Waals surface area contributed by atoms with Crippen LogP contribution in [0.1, 0.15) is 12.7 Å². The third-order valence-corrected chi connectivity index (χ3v) is 4.00. The van der Waals surface area contributed by atoms with Gasteiger partial charge in [-0.3, -0.25) is 0 Å². The van der Waals surface area contributed by atoms with E-state index in [0.29, 0.717) is 5.89 Å². The summed E-state index contributed by atoms with van der Waals surface area (Å²) in [5, 5.41) is 3.93. The Kier molecular flexibility index (Phi) is 4.27. The van der Waals surface area contributed by atoms with E-state index in [4.69, 9.17) is 10.3 Å². The topological polar surface area (TPSA) is 64.9 Å². The molecule has 1 heterocycles. The highest BCUT2D eigenvalue weighted by atomic mass is 127. The lowest BCUT2D eigenvalue weighted by atomic mass is 10.2. The first-order valence-corrected chi connectivity index (χ1v) is 7.39. The van der Waals surface area contributed by atoms with Crippen molar-refractivity contribution in [1.82, 2.24) is 10.1 Å². The number of benzene rings is 1. The number of hydrogen-bond acceptors (Lipinski definition) is 5. The van der Waals surface area contributed by atoms with E-state index in [-0.39, 0.29) is 0 Å². The van der Waals surface area contributed by atoms with E-state index in [1.54, 1.807) is 11.8 Å². The highest BCUT2D eigenvalue weighted by molar-refractivity contribution is 14.1. The van der Waals surface area contributed by atoms with Gasteiger partial charge in [0, 0.05) is 14.8 Å². The zero-order valence-corrected chi connectivity index (χ0v) is 12.3. The van der Waals surface area contributed by atoms with Crippen LogP contribution in [0.2, 0.25) is 0 Å². The Morgan fingerprint density at radius 2 is 2.29 bits per heavy atom. The van der Waals surface area contributed by atoms with Crippen LogP contribution in [0.5, 0.6) is 0 Å². The third kappa shape index (κ3) is 3.12. The van der Waals surface area contributed by atoms with Crippen LogP contribution >= 0.6 is 34.4 Å². The number of anilines is 1. The van der Waals surface area contributed by atoms with Crippen LogP contribution in [0, 0.1) is 3.57 Å². The third-order valence-electron chi connectivity index (χ3n) is 2.15. The monoisotopic (exact) mass is 361 g/mol. The summed E-state index contributed by atoms with van der Waals surface area (Å²) in [7, 11) is 0. The van der Waals surface area contributed by atoms with Gasteiger partial charge >= 0.3 is 0 Å². The van der Waals surface area contributed by atoms with E-state index in [0.717, 1.165) is 32.2 Å². The van der Waals surface area contributed by atoms with Gasteiger partial charge in [-0.1, -0.05) is 12.1 Å². The molecule has 0 bridgehead atoms. The predicted octanol–water partition coefficient (Wildman–Crippen LogP) is 3.18. The summed E-state index contributed by atoms with van der Waals surface area (Å²) in [6.07, 6.45) is 0. The minimum atomic E-state index is 0.528. The molecular weight excluding hydrogens is 349 g/mol. The van der Waals surface area contributed by atoms with Gasteiger partial charge < -0.3 is 10.3 Å². The smallest absolute Gasteiger partial charge is 0.258 e. The quantitative estimate of drug-likeness (QED) is 0.669. The fraction of sp³-hybridized carbons (Fsp3) is 0.273. The first-order valence-electron chi connectivity index (χ1n) is 5.16. The molecule has 0 aliphatic rings. The molecule has 0 amide bonds. The number of nitrogens with two attached hydrogens (primary N) is 1. The number of rotatable bonds is 4. The number of nitrogen functional groups attached to an aromatic ring is 1. The SMILES string of the molecule is CCSCc1noc(-c2ccc(I)c(N)c2)n1. The van der Waals surface area contributed by atoms with E-state index in [1.165, 1.54) is 0 Å². The van der Waals surface area contributed by atoms with Crippen molar-refractivity contribution < 1.29 is 4.52 Å². The molecule has 90 valence electrons. The van der Waals surface area contributed by atoms with Crippen molar-refractivity contribution in [2.45, 2.75) is 12.7 Å². The van der Waals surface area contributed by atoms with Crippen molar-refractivity contribution in [3.63, 3.8) is 0 Å². The lowest BCUT2D eigenvalue weighted by Crippen LogP contribution is -1.90. The first kappa shape index (κ1) is 12.7. The molecule has 0 saturated carbocycles. The van der Waals surface area contributed by atoms with Crippen LogP contribution in [0.3, 0.4) is 0 Å². The van der Waals surface area contributed by atoms with Crippen LogP contribution in [0.15, 0.2) is 22.7 Å². The molecule has 0 unspecified atom stereocenters. The molecule has 1 aromatic carbocycles. The first-order chi connectivity index (χ1) is 8.20. The van der Waals surface area contributed by atoms with Crippen LogP contribution in [-0.4, -0.2) is 15.9 Å². The lowest BCUT2D eigenvalue weighted by Gasteiger charge is -1.99. The van der Waals surface area contributed by atoms with Crippen LogP contribution in [0.25, 0.3) is 11.5 Å². The minimum absolute atomic E-state index is 0.528. The average molecular weight is 361 g/mol. The van der Waals surface area contributed by atoms with Crippen molar-refractivity contribution in [2.24, 2.45) is 0 Å². The summed E-state index contributed by atoms with van der Waals surface area (Å²) in [5.74, 6) is 3.07. The second kappa shape index (κ2) is 5.72. The van der Waals surface area contributed by atoms with Gasteiger partial charge in [0.05, 0.1) is 5.75 Å². The number of thioether (sulfide) groups is 1. The average Bonchev–Trinajstić information content (AvgIpc) is 2.79. The molecule has 0 atom stereocenters. The Hall–Kier alpha value is -0.760. The fourth-order valence-electron chi connectivity index (χ4n) is 1.30. The van der Waals surface area contributed by atoms with Crippen LogP contribution < -0.4 is 5.73 Å². The van der Waals surface area contributed by atoms with Crippen molar-refractivity contribution in [2.75, 3.05) is 11.5 Å². The normalized spacial score (nSPS) is 10.7. The second-order valence-electron chi connectivity index (χ2n) is 3.39. The molecule has 0 aliphatic carbocycles. The Bertz CT molecular complexity index is 515. The summed E-state index contributed by atoms with van der Waals surface area (Å²) in [5.41, 5.74) is 7.44. The largest absolute Gasteiger partial charge is 0.398 e. The number of hydrogen-bond donors (Lipinski definition) is 1. The fourth-order valence-corrected chi connectivity index (χ4v) is 2.14. The van der Waals surface area contributed by atoms with Gasteiger partial charge in [0.15, 0.2) is 5.82 Å². The van der Waals surface area contributed by atoms with Crippen LogP contribution in [0.4, 0.5) is 5.69 Å². The zero-order chi connectivity index (χ0) is 12.3. The number of aromatic nitrogens is 2. The number of halogens is 1. The van der Waals surface area contributed by atoms with E-state index < -0.39 is 0 Å². The summed E-state index contributed by atoms with van der Waals surface area (Å²) >= 11 is 3.95. The molecular formula is C11H12IN3OS. The van der Waals surface area contributed by atoms with E-state index >= 15 is 0 Å². The number of nitrogens with zero attached hydrogens (tertiary/aromatic N) is 2. The highest BCUT2D eigenvalue weighted by Crippen LogP contribution is 2.24. The maximum absolute atomic E-state index is 5.84. The predicted molar refractivity (Wildman–Crippen MR) is 78.7 cm³/mol. The molecule has 0 spiro atoms. The van der Waals surface area contributed by atoms with Gasteiger partial charge in [-0.25, -0.2) is 0 Å². The minimum Gasteiger partial charge on any atom is -0.398 e. The van der Waals surface area contributed by atoms with Gasteiger partial charge in [-0.15, -0.1) is 0 Å². The molecule has 1 aromatic heterocycles. The molecule has 0 saturated heterocycles. The summed E-state index contributed by atoms with van der Waals surface area (Å²) < 4.78 is 6.23. The maximum atomic E-state index is 5.84. The van der Waals surface area contributed by atoms with Crippen molar-refractivity contribution in [3.05, 3.63) is 27.6 Å². The standard InChI is InChI=1S/C11H12IN3OS/c1-2-17-6-10-14-11(16-15-10)7-3-4-8(12)9(13)5-7/h3-5H,2,6,13H2,1H3. The molecule has 17 heavy (non-hydrogen) atoms. The van der Waals surface area contributed by atoms with Crippen molar-refractivity contribution in [3.8, 4) is 11.5 Å². The summed E-state index contributed by atoms with van der Waals surface area (Å²) in [6.45, 7) is 2.10. The molecule has 0 fully saturated rings. The Morgan fingerprint density at radius 1 is 1.47 bits per heavy atom. The van der Waals surface area contributed by atoms with E-state index in [9.17, 15) is 0 Å². The molecule has 4 nitrogen and oxygen atoms in total. The molecule has 2 aromatic rings. The van der Waals surface area contributed by atoms with Gasteiger partial charge in [-0.2, -0.15) is 16.7 Å². The molecule has 6 heteroatoms. The Morgan fingerprint density at radius 3 is 3.00 bits per heavy atom. The second-order valence-corrected chi connectivity index (χ2v) is 5.83. The maximum Gasteiger partial charge on any atom is 0.258 e.